The molecule has 6 aromatic rings. The zero-order chi connectivity index (χ0) is 30.4. The highest BCUT2D eigenvalue weighted by Crippen LogP contribution is 2.39. The molecule has 214 valence electrons. The molecule has 1 N–H and O–H groups in total. The van der Waals surface area contributed by atoms with E-state index in [1.807, 2.05) is 54.7 Å². The van der Waals surface area contributed by atoms with Crippen LogP contribution in [0.5, 0.6) is 5.75 Å². The molecule has 0 fully saturated rings. The fourth-order valence-corrected chi connectivity index (χ4v) is 5.45. The van der Waals surface area contributed by atoms with E-state index in [9.17, 15) is 5.11 Å². The Balaban J connectivity index is 1.60. The number of phenols is 1. The predicted octanol–water partition coefficient (Wildman–Crippen LogP) is 10.6. The largest absolute Gasteiger partial charge is 0.507 e. The summed E-state index contributed by atoms with van der Waals surface area (Å²) in [5.41, 5.74) is 10.0. The molecule has 2 heterocycles. The van der Waals surface area contributed by atoms with E-state index < -0.39 is 0 Å². The van der Waals surface area contributed by atoms with Crippen LogP contribution in [0.1, 0.15) is 52.7 Å². The lowest BCUT2D eigenvalue weighted by Crippen LogP contribution is -2.16. The highest BCUT2D eigenvalue weighted by atomic mass is 16.3. The Kier molecular flexibility index (Phi) is 7.14. The van der Waals surface area contributed by atoms with Gasteiger partial charge in [0.2, 0.25) is 0 Å². The maximum absolute atomic E-state index is 11.2. The van der Waals surface area contributed by atoms with Gasteiger partial charge in [0.05, 0.1) is 17.1 Å². The summed E-state index contributed by atoms with van der Waals surface area (Å²) in [6.07, 6.45) is 1.82. The molecule has 3 heteroatoms. The summed E-state index contributed by atoms with van der Waals surface area (Å²) in [5.74, 6) is 0.218. The second kappa shape index (κ2) is 10.8. The first-order chi connectivity index (χ1) is 20.5. The number of rotatable bonds is 4. The molecule has 0 bridgehead atoms. The number of aromatic hydroxyl groups is 1. The first-order valence-electron chi connectivity index (χ1n) is 14.9. The summed E-state index contributed by atoms with van der Waals surface area (Å²) >= 11 is 0. The van der Waals surface area contributed by atoms with Crippen LogP contribution >= 0.6 is 0 Å². The van der Waals surface area contributed by atoms with Crippen LogP contribution in [-0.4, -0.2) is 15.1 Å². The third-order valence-corrected chi connectivity index (χ3v) is 8.08. The van der Waals surface area contributed by atoms with Gasteiger partial charge >= 0.3 is 0 Å². The van der Waals surface area contributed by atoms with E-state index in [2.05, 4.69) is 107 Å². The fraction of sp³-hybridized carbons (Fsp3) is 0.200. The number of nitrogens with zero attached hydrogens (tertiary/aromatic N) is 2. The van der Waals surface area contributed by atoms with E-state index in [0.29, 0.717) is 5.56 Å². The van der Waals surface area contributed by atoms with Crippen molar-refractivity contribution in [2.75, 3.05) is 0 Å². The Morgan fingerprint density at radius 2 is 1.07 bits per heavy atom. The van der Waals surface area contributed by atoms with Crippen LogP contribution < -0.4 is 0 Å². The van der Waals surface area contributed by atoms with Crippen molar-refractivity contribution in [1.29, 1.82) is 0 Å². The number of aromatic nitrogens is 2. The zero-order valence-electron chi connectivity index (χ0n) is 25.8. The van der Waals surface area contributed by atoms with Gasteiger partial charge in [0, 0.05) is 22.9 Å². The highest BCUT2D eigenvalue weighted by Gasteiger charge is 2.22. The van der Waals surface area contributed by atoms with Crippen molar-refractivity contribution in [1.82, 2.24) is 9.97 Å². The first-order valence-corrected chi connectivity index (χ1v) is 14.9. The third-order valence-electron chi connectivity index (χ3n) is 8.08. The maximum Gasteiger partial charge on any atom is 0.125 e. The van der Waals surface area contributed by atoms with Crippen molar-refractivity contribution < 1.29 is 5.11 Å². The monoisotopic (exact) mass is 562 g/mol. The maximum atomic E-state index is 11.2. The zero-order valence-corrected chi connectivity index (χ0v) is 25.8. The van der Waals surface area contributed by atoms with Gasteiger partial charge in [0.15, 0.2) is 0 Å². The first kappa shape index (κ1) is 28.4. The predicted molar refractivity (Wildman–Crippen MR) is 180 cm³/mol. The molecule has 0 amide bonds. The molecule has 6 rings (SSSR count). The van der Waals surface area contributed by atoms with Crippen molar-refractivity contribution in [2.45, 2.75) is 52.4 Å². The van der Waals surface area contributed by atoms with Crippen molar-refractivity contribution in [2.24, 2.45) is 0 Å². The molecule has 4 aromatic carbocycles. The van der Waals surface area contributed by atoms with Crippen LogP contribution in [0.3, 0.4) is 0 Å². The minimum atomic E-state index is -0.0116. The van der Waals surface area contributed by atoms with Gasteiger partial charge in [-0.2, -0.15) is 0 Å². The average Bonchev–Trinajstić information content (AvgIpc) is 3.00. The van der Waals surface area contributed by atoms with Gasteiger partial charge in [-0.1, -0.05) is 108 Å². The number of hydrogen-bond acceptors (Lipinski definition) is 3. The van der Waals surface area contributed by atoms with Gasteiger partial charge in [0.25, 0.3) is 0 Å². The molecule has 0 aliphatic rings. The minimum Gasteiger partial charge on any atom is -0.507 e. The number of phenolic OH excluding ortho intramolecular Hbond substituents is 1. The summed E-state index contributed by atoms with van der Waals surface area (Å²) in [6.45, 7) is 13.6. The molecule has 0 saturated carbocycles. The van der Waals surface area contributed by atoms with Gasteiger partial charge in [-0.05, 0) is 86.3 Å². The molecule has 2 aromatic heterocycles. The normalized spacial score (nSPS) is 12.0. The Morgan fingerprint density at radius 3 is 1.70 bits per heavy atom. The van der Waals surface area contributed by atoms with Crippen molar-refractivity contribution in [3.05, 3.63) is 127 Å². The number of benzene rings is 4. The van der Waals surface area contributed by atoms with Crippen LogP contribution in [0.2, 0.25) is 0 Å². The highest BCUT2D eigenvalue weighted by molar-refractivity contribution is 5.91. The van der Waals surface area contributed by atoms with Crippen molar-refractivity contribution >= 4 is 10.8 Å². The molecule has 0 spiro atoms. The summed E-state index contributed by atoms with van der Waals surface area (Å²) in [7, 11) is 0. The van der Waals surface area contributed by atoms with Gasteiger partial charge in [0.1, 0.15) is 5.75 Å². The van der Waals surface area contributed by atoms with E-state index in [4.69, 9.17) is 4.98 Å². The molecule has 3 nitrogen and oxygen atoms in total. The number of fused-ring (bicyclic) bond motifs is 1. The SMILES string of the molecule is CC(C)(C)c1cc(-c2cc(-c3cccc(-c4ccccn4)c3)nc(-c3cc4ccccc4cc3O)c2)cc(C(C)(C)C)c1. The quantitative estimate of drug-likeness (QED) is 0.232. The third kappa shape index (κ3) is 5.94. The lowest BCUT2D eigenvalue weighted by Gasteiger charge is -2.26. The molecule has 43 heavy (non-hydrogen) atoms. The van der Waals surface area contributed by atoms with Crippen molar-refractivity contribution in [3.63, 3.8) is 0 Å². The fourth-order valence-electron chi connectivity index (χ4n) is 5.45. The number of pyridine rings is 2. The second-order valence-electron chi connectivity index (χ2n) is 13.4. The average molecular weight is 563 g/mol. The van der Waals surface area contributed by atoms with Crippen LogP contribution in [0.15, 0.2) is 115 Å². The standard InChI is InChI=1S/C40H38N2O/c1-39(2,3)32-19-30(20-33(25-32)40(4,5)6)31-22-36(29-15-11-14-28(18-29)35-16-9-10-17-41-35)42-37(23-31)34-21-26-12-7-8-13-27(26)24-38(34)43/h7-25,43H,1-6H3. The Bertz CT molecular complexity index is 1910. The summed E-state index contributed by atoms with van der Waals surface area (Å²) in [4.78, 5) is 9.73. The van der Waals surface area contributed by atoms with Gasteiger partial charge in [-0.25, -0.2) is 4.98 Å². The van der Waals surface area contributed by atoms with E-state index >= 15 is 0 Å². The lowest BCUT2D eigenvalue weighted by molar-refractivity contribution is 0.478. The summed E-state index contributed by atoms with van der Waals surface area (Å²) in [6, 6.07) is 37.5. The molecular weight excluding hydrogens is 524 g/mol. The smallest absolute Gasteiger partial charge is 0.125 e. The van der Waals surface area contributed by atoms with Crippen LogP contribution in [0, 0.1) is 0 Å². The molecule has 0 radical (unpaired) electrons. The van der Waals surface area contributed by atoms with E-state index in [1.54, 1.807) is 0 Å². The molecule has 0 saturated heterocycles. The minimum absolute atomic E-state index is 0.0116. The lowest BCUT2D eigenvalue weighted by atomic mass is 9.79. The van der Waals surface area contributed by atoms with E-state index in [1.165, 1.54) is 11.1 Å². The van der Waals surface area contributed by atoms with Crippen LogP contribution in [-0.2, 0) is 10.8 Å². The van der Waals surface area contributed by atoms with Gasteiger partial charge < -0.3 is 5.11 Å². The van der Waals surface area contributed by atoms with E-state index in [0.717, 1.165) is 50.1 Å². The second-order valence-corrected chi connectivity index (χ2v) is 13.4. The van der Waals surface area contributed by atoms with Gasteiger partial charge in [-0.3, -0.25) is 4.98 Å². The summed E-state index contributed by atoms with van der Waals surface area (Å²) in [5, 5.41) is 13.3. The Labute approximate surface area is 254 Å². The molecule has 0 atom stereocenters. The topological polar surface area (TPSA) is 46.0 Å². The van der Waals surface area contributed by atoms with Gasteiger partial charge in [-0.15, -0.1) is 0 Å². The molecule has 0 aliphatic heterocycles. The van der Waals surface area contributed by atoms with Crippen molar-refractivity contribution in [3.8, 4) is 50.6 Å². The van der Waals surface area contributed by atoms with E-state index in [-0.39, 0.29) is 16.6 Å². The number of hydrogen-bond donors (Lipinski definition) is 1. The summed E-state index contributed by atoms with van der Waals surface area (Å²) < 4.78 is 0. The molecular formula is C40H38N2O. The Hall–Kier alpha value is -4.76. The molecule has 0 aliphatic carbocycles. The van der Waals surface area contributed by atoms with Crippen LogP contribution in [0.4, 0.5) is 0 Å². The molecule has 0 unspecified atom stereocenters. The van der Waals surface area contributed by atoms with Crippen LogP contribution in [0.25, 0.3) is 55.7 Å². The Morgan fingerprint density at radius 1 is 0.488 bits per heavy atom.